The van der Waals surface area contributed by atoms with E-state index < -0.39 is 0 Å². The van der Waals surface area contributed by atoms with Crippen molar-refractivity contribution in [3.05, 3.63) is 146 Å². The van der Waals surface area contributed by atoms with Gasteiger partial charge in [-0.3, -0.25) is 0 Å². The summed E-state index contributed by atoms with van der Waals surface area (Å²) < 4.78 is 61.0. The second-order valence-corrected chi connectivity index (χ2v) is 25.2. The molecule has 6 aliphatic rings. The molecule has 0 amide bonds. The van der Waals surface area contributed by atoms with Gasteiger partial charge in [0.15, 0.2) is 5.54 Å². The largest absolute Gasteiger partial charge is 0.490 e. The van der Waals surface area contributed by atoms with E-state index in [1.54, 1.807) is 29.8 Å². The zero-order valence-corrected chi connectivity index (χ0v) is 51.9. The van der Waals surface area contributed by atoms with Crippen molar-refractivity contribution in [2.75, 3.05) is 159 Å². The van der Waals surface area contributed by atoms with Gasteiger partial charge in [0.25, 0.3) is 0 Å². The SMILES string of the molecule is COCCOc1cc(C2=c3cc4c(cc3Oc3cc5c(cc32)-c2sccc2C(C)(C)N5C)=[N+](C)C(C)(C)c2ccsc2-4)ccc1N1CCOc2cc(C)ccc2N2CCOCCOCCN(CCOCCOCC2)c2ccc(C)cc2OCC1. The van der Waals surface area contributed by atoms with Crippen LogP contribution in [0.3, 0.4) is 0 Å². The Morgan fingerprint density at radius 3 is 1.67 bits per heavy atom. The van der Waals surface area contributed by atoms with Crippen LogP contribution in [0.25, 0.3) is 26.5 Å². The van der Waals surface area contributed by atoms with Gasteiger partial charge in [0.2, 0.25) is 5.36 Å². The van der Waals surface area contributed by atoms with Gasteiger partial charge in [0, 0.05) is 98.3 Å². The van der Waals surface area contributed by atoms with Crippen LogP contribution >= 0.6 is 22.7 Å². The Morgan fingerprint density at radius 2 is 1.07 bits per heavy atom. The van der Waals surface area contributed by atoms with E-state index in [0.717, 1.165) is 89.9 Å². The number of rotatable bonds is 6. The second kappa shape index (κ2) is 24.8. The second-order valence-electron chi connectivity index (χ2n) is 23.3. The highest BCUT2D eigenvalue weighted by molar-refractivity contribution is 7.14. The number of aryl methyl sites for hydroxylation is 2. The van der Waals surface area contributed by atoms with Gasteiger partial charge in [-0.25, -0.2) is 4.58 Å². The molecule has 442 valence electrons. The van der Waals surface area contributed by atoms with Gasteiger partial charge in [-0.15, -0.1) is 22.7 Å². The van der Waals surface area contributed by atoms with Gasteiger partial charge in [0.05, 0.1) is 112 Å². The number of nitrogens with zero attached hydrogens (tertiary/aromatic N) is 5. The van der Waals surface area contributed by atoms with Crippen LogP contribution in [0.4, 0.5) is 22.7 Å². The van der Waals surface area contributed by atoms with Crippen molar-refractivity contribution in [1.29, 1.82) is 0 Å². The van der Waals surface area contributed by atoms with Crippen molar-refractivity contribution >= 4 is 51.0 Å². The summed E-state index contributed by atoms with van der Waals surface area (Å²) >= 11 is 3.61. The maximum Gasteiger partial charge on any atom is 0.212 e. The first-order chi connectivity index (χ1) is 40.8. The van der Waals surface area contributed by atoms with E-state index in [0.29, 0.717) is 119 Å². The van der Waals surface area contributed by atoms with E-state index in [1.807, 2.05) is 0 Å². The molecule has 0 unspecified atom stereocenters. The molecule has 2 bridgehead atoms. The summed E-state index contributed by atoms with van der Waals surface area (Å²) in [6.07, 6.45) is 0. The Morgan fingerprint density at radius 1 is 0.524 bits per heavy atom. The monoisotopic (exact) mass is 1170 g/mol. The van der Waals surface area contributed by atoms with E-state index in [-0.39, 0.29) is 11.1 Å². The number of hydrogen-bond acceptors (Lipinski definition) is 15. The molecule has 1 saturated heterocycles. The molecule has 14 nitrogen and oxygen atoms in total. The van der Waals surface area contributed by atoms with Crippen molar-refractivity contribution in [2.24, 2.45) is 0 Å². The molecule has 7 aromatic rings. The fourth-order valence-corrected chi connectivity index (χ4v) is 14.5. The Labute approximate surface area is 502 Å². The van der Waals surface area contributed by atoms with Gasteiger partial charge >= 0.3 is 0 Å². The van der Waals surface area contributed by atoms with Crippen LogP contribution in [-0.4, -0.2) is 140 Å². The standard InChI is InChI=1S/C68H80N5O9S2/c1-45-10-13-54-61(38-45)79-28-22-73(23-29-80-62-39-46(2)11-14-55(62)72-20-26-77-33-31-75-24-18-71(54)19-25-76-32-34-78-27-21-72)56-15-12-47(40-63(56)81-35-30-74-9)64-50-41-48-57(69(7)67(3,4)52-16-36-83-65(48)52)43-59(50)82-60-44-58-49(42-51(60)64)66-53(17-37-84-66)68(5,6)70(58)8/h10-17,36-44H,18-35H2,1-9H3/q+1. The molecule has 1 fully saturated rings. The predicted octanol–water partition coefficient (Wildman–Crippen LogP) is 10.9. The van der Waals surface area contributed by atoms with Crippen LogP contribution in [0.5, 0.6) is 28.7 Å². The zero-order chi connectivity index (χ0) is 58.1. The molecular formula is C68H80N5O9S2+. The molecule has 6 aliphatic heterocycles. The van der Waals surface area contributed by atoms with Crippen molar-refractivity contribution in [1.82, 2.24) is 4.58 Å². The summed E-state index contributed by atoms with van der Waals surface area (Å²) in [7, 11) is 6.12. The average molecular weight is 1180 g/mol. The van der Waals surface area contributed by atoms with Crippen molar-refractivity contribution < 1.29 is 42.6 Å². The molecule has 0 aliphatic carbocycles. The van der Waals surface area contributed by atoms with Gasteiger partial charge in [-0.1, -0.05) is 18.2 Å². The van der Waals surface area contributed by atoms with Crippen LogP contribution < -0.4 is 53.7 Å². The number of fused-ring (bicyclic) bond motifs is 28. The highest BCUT2D eigenvalue weighted by Crippen LogP contribution is 2.53. The number of methoxy groups -OCH3 is 1. The lowest BCUT2D eigenvalue weighted by molar-refractivity contribution is 0.0435. The summed E-state index contributed by atoms with van der Waals surface area (Å²) in [5.41, 5.74) is 14.0. The molecule has 84 heavy (non-hydrogen) atoms. The normalized spacial score (nSPS) is 18.3. The van der Waals surface area contributed by atoms with Crippen LogP contribution in [-0.2, 0) is 34.8 Å². The number of hydrogen-bond donors (Lipinski definition) is 0. The Balaban J connectivity index is 0.998. The number of thiophene rings is 2. The van der Waals surface area contributed by atoms with Gasteiger partial charge in [-0.2, -0.15) is 0 Å². The summed E-state index contributed by atoms with van der Waals surface area (Å²) in [5, 5.41) is 6.63. The minimum atomic E-state index is -0.217. The molecule has 0 saturated carbocycles. The first-order valence-corrected chi connectivity index (χ1v) is 31.4. The summed E-state index contributed by atoms with van der Waals surface area (Å²) in [6, 6.07) is 33.4. The summed E-state index contributed by atoms with van der Waals surface area (Å²) in [5.74, 6) is 3.97. The molecule has 13 rings (SSSR count). The van der Waals surface area contributed by atoms with Gasteiger partial charge < -0.3 is 62.2 Å². The Hall–Kier alpha value is -6.63. The lowest BCUT2D eigenvalue weighted by atomic mass is 9.83. The maximum absolute atomic E-state index is 7.23. The third-order valence-corrected chi connectivity index (χ3v) is 19.4. The van der Waals surface area contributed by atoms with Crippen LogP contribution in [0.15, 0.2) is 102 Å². The quantitative estimate of drug-likeness (QED) is 0.0898. The van der Waals surface area contributed by atoms with E-state index in [9.17, 15) is 0 Å². The van der Waals surface area contributed by atoms with E-state index in [1.165, 1.54) is 32.0 Å². The zero-order valence-electron chi connectivity index (χ0n) is 50.3. The molecule has 2 aromatic heterocycles. The fraction of sp³-hybridized carbons (Fsp3) is 0.426. The maximum atomic E-state index is 7.23. The Bertz CT molecular complexity index is 3570. The third kappa shape index (κ3) is 11.4. The number of anilines is 4. The molecule has 0 radical (unpaired) electrons. The van der Waals surface area contributed by atoms with E-state index >= 15 is 0 Å². The number of benzene rings is 5. The molecule has 5 aromatic carbocycles. The molecule has 16 heteroatoms. The molecule has 0 atom stereocenters. The number of ether oxygens (including phenoxy) is 9. The minimum absolute atomic E-state index is 0.217. The van der Waals surface area contributed by atoms with Crippen LogP contribution in [0, 0.1) is 13.8 Å². The molecule has 0 spiro atoms. The highest BCUT2D eigenvalue weighted by atomic mass is 32.1. The fourth-order valence-electron chi connectivity index (χ4n) is 12.4. The van der Waals surface area contributed by atoms with Crippen LogP contribution in [0.1, 0.15) is 61.1 Å². The van der Waals surface area contributed by atoms with Crippen molar-refractivity contribution in [2.45, 2.75) is 52.6 Å². The lowest BCUT2D eigenvalue weighted by Gasteiger charge is -2.43. The van der Waals surface area contributed by atoms with Gasteiger partial charge in [-0.05, 0) is 121 Å². The minimum Gasteiger partial charge on any atom is -0.490 e. The van der Waals surface area contributed by atoms with Crippen molar-refractivity contribution in [3.63, 3.8) is 0 Å². The first-order valence-electron chi connectivity index (χ1n) is 29.6. The smallest absolute Gasteiger partial charge is 0.212 e. The molecule has 8 heterocycles. The highest BCUT2D eigenvalue weighted by Gasteiger charge is 2.41. The van der Waals surface area contributed by atoms with E-state index in [2.05, 4.69) is 182 Å². The average Bonchev–Trinajstić information content (AvgIpc) is 1.86. The summed E-state index contributed by atoms with van der Waals surface area (Å²) in [6.45, 7) is 22.7. The third-order valence-electron chi connectivity index (χ3n) is 17.5. The van der Waals surface area contributed by atoms with E-state index in [4.69, 9.17) is 42.6 Å². The van der Waals surface area contributed by atoms with Crippen molar-refractivity contribution in [3.8, 4) is 49.6 Å². The molecular weight excluding hydrogens is 1090 g/mol. The first kappa shape index (κ1) is 57.8. The topological polar surface area (TPSA) is 99.0 Å². The van der Waals surface area contributed by atoms with Crippen LogP contribution in [0.2, 0.25) is 0 Å². The summed E-state index contributed by atoms with van der Waals surface area (Å²) in [4.78, 5) is 11.9. The lowest BCUT2D eigenvalue weighted by Crippen LogP contribution is -2.46. The predicted molar refractivity (Wildman–Crippen MR) is 339 cm³/mol. The Kier molecular flexibility index (Phi) is 17.0. The van der Waals surface area contributed by atoms with Gasteiger partial charge in [0.1, 0.15) is 55.6 Å². The molecule has 0 N–H and O–H groups in total.